The van der Waals surface area contributed by atoms with Crippen molar-refractivity contribution in [2.45, 2.75) is 273 Å². The first kappa shape index (κ1) is 88.8. The van der Waals surface area contributed by atoms with Crippen LogP contribution in [0.5, 0.6) is 17.2 Å². The van der Waals surface area contributed by atoms with E-state index in [2.05, 4.69) is 189 Å². The van der Waals surface area contributed by atoms with E-state index in [4.69, 9.17) is 59.9 Å². The predicted octanol–water partition coefficient (Wildman–Crippen LogP) is 19.6. The molecule has 98 heavy (non-hydrogen) atoms. The number of rotatable bonds is 47. The minimum Gasteiger partial charge on any atom is -0.507 e. The van der Waals surface area contributed by atoms with Crippen LogP contribution in [0.2, 0.25) is 182 Å². The molecular formula is C67H132N2O16Si13. The van der Waals surface area contributed by atoms with E-state index in [0.29, 0.717) is 5.75 Å². The van der Waals surface area contributed by atoms with Crippen molar-refractivity contribution in [3.05, 3.63) is 95.1 Å². The Morgan fingerprint density at radius 3 is 1.11 bits per heavy atom. The summed E-state index contributed by atoms with van der Waals surface area (Å²) in [7, 11) is -34.3. The maximum absolute atomic E-state index is 13.6. The van der Waals surface area contributed by atoms with Crippen molar-refractivity contribution >= 4 is 128 Å². The first-order valence-electron chi connectivity index (χ1n) is 36.0. The lowest BCUT2D eigenvalue weighted by Crippen LogP contribution is -2.63. The molecule has 3 aromatic rings. The average molecular weight is 1590 g/mol. The van der Waals surface area contributed by atoms with E-state index >= 15 is 0 Å². The van der Waals surface area contributed by atoms with E-state index in [1.807, 2.05) is 30.3 Å². The molecule has 558 valence electrons. The largest absolute Gasteiger partial charge is 0.507 e. The lowest BCUT2D eigenvalue weighted by molar-refractivity contribution is 0.0977. The van der Waals surface area contributed by atoms with Crippen molar-refractivity contribution in [3.8, 4) is 17.2 Å². The average Bonchev–Trinajstić information content (AvgIpc) is 0.750. The number of aromatic hydroxyl groups is 1. The van der Waals surface area contributed by atoms with Gasteiger partial charge in [-0.3, -0.25) is 9.59 Å². The van der Waals surface area contributed by atoms with Crippen LogP contribution in [0.3, 0.4) is 0 Å². The van der Waals surface area contributed by atoms with Gasteiger partial charge in [-0.15, -0.1) is 6.58 Å². The number of hydrogen-bond donors (Lipinski definition) is 2. The van der Waals surface area contributed by atoms with Crippen LogP contribution in [0.4, 0.5) is 5.69 Å². The van der Waals surface area contributed by atoms with Gasteiger partial charge in [0.05, 0.1) is 16.8 Å². The SMILES string of the molecule is C=CCCCCCCCCCN(CCCC[Si](C)(C)O[Si](C)(C)O[Si](C)(C)O[Si](C)(C)O[Si](C)(C)O[Si](C)(C)O[Si](C)(C)O[Si](C)(C)O[Si](C)(C)O[Si](C)(C)O[Si](C)(C)O[Si](C)(C)O[Si](C)(C)CCCC)CCc1ccc(Oc2cc(O)c3c(c2N)C(=O)c2ccccc2C3=O)cc1. The van der Waals surface area contributed by atoms with Gasteiger partial charge < -0.3 is 69.9 Å². The summed E-state index contributed by atoms with van der Waals surface area (Å²) in [6.45, 7) is 64.5. The van der Waals surface area contributed by atoms with Gasteiger partial charge in [-0.2, -0.15) is 0 Å². The summed E-state index contributed by atoms with van der Waals surface area (Å²) in [5, 5.41) is 11.0. The summed E-state index contributed by atoms with van der Waals surface area (Å²) in [6.07, 6.45) is 17.1. The van der Waals surface area contributed by atoms with E-state index < -0.39 is 122 Å². The van der Waals surface area contributed by atoms with Crippen LogP contribution in [-0.4, -0.2) is 152 Å². The van der Waals surface area contributed by atoms with Crippen molar-refractivity contribution in [3.63, 3.8) is 0 Å². The number of nitrogens with zero attached hydrogens (tertiary/aromatic N) is 1. The molecule has 0 atom stereocenters. The van der Waals surface area contributed by atoms with Crippen molar-refractivity contribution < 1.29 is 68.8 Å². The number of ketones is 2. The highest BCUT2D eigenvalue weighted by atomic mass is 28.5. The molecule has 0 heterocycles. The van der Waals surface area contributed by atoms with E-state index in [-0.39, 0.29) is 39.4 Å². The topological polar surface area (TPSA) is 204 Å². The van der Waals surface area contributed by atoms with Gasteiger partial charge in [0, 0.05) is 23.7 Å². The lowest BCUT2D eigenvalue weighted by atomic mass is 9.82. The summed E-state index contributed by atoms with van der Waals surface area (Å²) in [5.74, 6) is -0.587. The number of nitrogens with two attached hydrogens (primary N) is 1. The Bertz CT molecular complexity index is 3080. The normalized spacial score (nSPS) is 14.5. The number of fused-ring (bicyclic) bond motifs is 2. The Morgan fingerprint density at radius 1 is 0.418 bits per heavy atom. The molecule has 0 saturated heterocycles. The van der Waals surface area contributed by atoms with Crippen molar-refractivity contribution in [2.24, 2.45) is 0 Å². The van der Waals surface area contributed by atoms with Gasteiger partial charge in [0.1, 0.15) is 11.5 Å². The number of benzene rings is 3. The quantitative estimate of drug-likeness (QED) is 0.0139. The lowest BCUT2D eigenvalue weighted by Gasteiger charge is -2.45. The Balaban J connectivity index is 1.30. The second-order valence-electron chi connectivity index (χ2n) is 32.9. The third kappa shape index (κ3) is 32.0. The zero-order chi connectivity index (χ0) is 74.4. The number of phenolic OH excluding ortho intramolecular Hbond substituents is 1. The molecule has 31 heteroatoms. The molecule has 0 amide bonds. The van der Waals surface area contributed by atoms with Crippen LogP contribution in [0, 0.1) is 0 Å². The van der Waals surface area contributed by atoms with E-state index in [9.17, 15) is 14.7 Å². The maximum Gasteiger partial charge on any atom is 0.314 e. The molecule has 3 N–H and O–H groups in total. The Hall–Kier alpha value is -1.56. The van der Waals surface area contributed by atoms with Crippen LogP contribution in [0.25, 0.3) is 0 Å². The molecule has 0 aliphatic heterocycles. The van der Waals surface area contributed by atoms with Gasteiger partial charge in [-0.25, -0.2) is 0 Å². The molecule has 0 saturated carbocycles. The van der Waals surface area contributed by atoms with E-state index in [1.54, 1.807) is 24.3 Å². The Morgan fingerprint density at radius 2 is 0.745 bits per heavy atom. The standard InChI is InChI=1S/C67H132N2O16Si13/c1-29-31-33-34-35-36-37-38-41-51-69(53-50-57-46-48-58(49-47-57)73-62-56-61(70)63-64(65(62)68)67(72)60-45-40-39-44-59(60)66(63)71)52-42-43-55-87(5,6)75-89(9,10)77-91(13,14)79-93(17,18)81-95(21,22)83-97(25,26)85-98(27,28)84-96(23,24)82-94(19,20)80-92(15,16)78-90(11,12)76-88(7,8)74-86(3,4)54-32-30-2/h29,39-40,44-49,56,70H,1,30-38,41-43,50-55,68H2,2-28H3. The molecule has 1 aliphatic rings. The maximum atomic E-state index is 13.6. The van der Waals surface area contributed by atoms with E-state index in [0.717, 1.165) is 70.2 Å². The molecule has 0 radical (unpaired) electrons. The second-order valence-corrected chi connectivity index (χ2v) is 81.5. The summed E-state index contributed by atoms with van der Waals surface area (Å²) in [6, 6.07) is 17.9. The number of carbonyl (C=O) groups is 2. The van der Waals surface area contributed by atoms with Crippen LogP contribution in [0.1, 0.15) is 121 Å². The summed E-state index contributed by atoms with van der Waals surface area (Å²) < 4.78 is 89.6. The number of unbranched alkanes of at least 4 members (excludes halogenated alkanes) is 9. The number of anilines is 1. The fraction of sp³-hybridized carbons (Fsp3) is 0.672. The van der Waals surface area contributed by atoms with Gasteiger partial charge in [0.2, 0.25) is 0 Å². The van der Waals surface area contributed by atoms with Crippen LogP contribution >= 0.6 is 0 Å². The third-order valence-electron chi connectivity index (χ3n) is 16.0. The summed E-state index contributed by atoms with van der Waals surface area (Å²) >= 11 is 0. The number of allylic oxidation sites excluding steroid dienone is 1. The molecule has 3 aromatic carbocycles. The van der Waals surface area contributed by atoms with Crippen molar-refractivity contribution in [1.82, 2.24) is 4.90 Å². The molecular weight excluding hydrogens is 1450 g/mol. The number of nitrogen functional groups attached to an aromatic ring is 1. The Labute approximate surface area is 607 Å². The molecule has 1 aliphatic carbocycles. The number of hydrogen-bond acceptors (Lipinski definition) is 18. The molecule has 0 fully saturated rings. The van der Waals surface area contributed by atoms with Crippen LogP contribution < -0.4 is 10.5 Å². The fourth-order valence-electron chi connectivity index (χ4n) is 14.4. The molecule has 0 aromatic heterocycles. The second kappa shape index (κ2) is 36.2. The molecule has 0 unspecified atom stereocenters. The number of carbonyl (C=O) groups excluding carboxylic acids is 2. The highest BCUT2D eigenvalue weighted by molar-refractivity contribution is 6.94. The monoisotopic (exact) mass is 1580 g/mol. The highest BCUT2D eigenvalue weighted by Gasteiger charge is 2.52. The first-order chi connectivity index (χ1) is 44.6. The zero-order valence-corrected chi connectivity index (χ0v) is 78.8. The smallest absolute Gasteiger partial charge is 0.314 e. The minimum absolute atomic E-state index is 0.0190. The zero-order valence-electron chi connectivity index (χ0n) is 65.8. The fourth-order valence-corrected chi connectivity index (χ4v) is 81.5. The van der Waals surface area contributed by atoms with Crippen LogP contribution in [0.15, 0.2) is 67.3 Å². The predicted molar refractivity (Wildman–Crippen MR) is 434 cm³/mol. The third-order valence-corrected chi connectivity index (χ3v) is 66.8. The van der Waals surface area contributed by atoms with Gasteiger partial charge >= 0.3 is 94.2 Å². The molecule has 0 spiro atoms. The van der Waals surface area contributed by atoms with Crippen LogP contribution in [-0.2, 0) is 55.8 Å². The van der Waals surface area contributed by atoms with Gasteiger partial charge in [-0.1, -0.05) is 101 Å². The van der Waals surface area contributed by atoms with Crippen molar-refractivity contribution in [2.75, 3.05) is 25.4 Å². The number of ether oxygens (including phenoxy) is 1. The molecule has 18 nitrogen and oxygen atoms in total. The Kier molecular flexibility index (Phi) is 32.8. The molecule has 0 bridgehead atoms. The summed E-state index contributed by atoms with van der Waals surface area (Å²) in [5.41, 5.74) is 8.07. The molecule has 4 rings (SSSR count). The van der Waals surface area contributed by atoms with Gasteiger partial charge in [0.25, 0.3) is 0 Å². The number of phenols is 1. The highest BCUT2D eigenvalue weighted by Crippen LogP contribution is 2.43. The van der Waals surface area contributed by atoms with Gasteiger partial charge in [0.15, 0.2) is 34.0 Å². The first-order valence-corrected chi connectivity index (χ1v) is 73.2. The van der Waals surface area contributed by atoms with Gasteiger partial charge in [-0.05, 0) is 245 Å². The van der Waals surface area contributed by atoms with E-state index in [1.165, 1.54) is 56.6 Å². The minimum atomic E-state index is -2.84. The summed E-state index contributed by atoms with van der Waals surface area (Å²) in [4.78, 5) is 29.5. The van der Waals surface area contributed by atoms with Crippen molar-refractivity contribution in [1.29, 1.82) is 0 Å².